The number of ether oxygens (including phenoxy) is 4. The Morgan fingerprint density at radius 3 is 2.14 bits per heavy atom. The lowest BCUT2D eigenvalue weighted by molar-refractivity contribution is -0.318. The standard InChI is InChI=1S/C27H30O15/c1-9-20(32)22(34)24(36)26(39-9)38-8-18-21(33)23(35)25(37)27(42-18)40-11-5-14(30)19-15(31)7-16(41-17(19)6-11)10-2-3-12(28)13(29)4-10/h2-7,9,18,20-30,32-37H,8H2,1H3/t9-,18+,20-,21-,22+,23-,24-,25+,26+,27+/m0/s1. The van der Waals surface area contributed by atoms with Crippen molar-refractivity contribution >= 4 is 11.0 Å². The highest BCUT2D eigenvalue weighted by Crippen LogP contribution is 2.35. The van der Waals surface area contributed by atoms with Crippen LogP contribution in [0.25, 0.3) is 22.3 Å². The SMILES string of the molecule is C[C@@H]1O[C@@H](OC[C@H]2O[C@@H](Oc3cc(O)c4c(=O)cc(-c5ccc(O)c(O)c5)oc4c3)[C@H](O)[C@@H](O)[C@H]2O)[C@@H](O)[C@H](O)[C@H]1O. The zero-order valence-electron chi connectivity index (χ0n) is 21.9. The maximum absolute atomic E-state index is 12.7. The molecule has 2 aliphatic heterocycles. The lowest BCUT2D eigenvalue weighted by atomic mass is 9.98. The molecule has 9 N–H and O–H groups in total. The zero-order chi connectivity index (χ0) is 30.5. The molecule has 10 atom stereocenters. The smallest absolute Gasteiger partial charge is 0.229 e. The van der Waals surface area contributed by atoms with Crippen LogP contribution in [-0.4, -0.2) is 114 Å². The Morgan fingerprint density at radius 2 is 1.43 bits per heavy atom. The molecule has 1 aromatic heterocycles. The van der Waals surface area contributed by atoms with Gasteiger partial charge in [0.1, 0.15) is 71.0 Å². The Bertz CT molecular complexity index is 1490. The largest absolute Gasteiger partial charge is 0.507 e. The zero-order valence-corrected chi connectivity index (χ0v) is 21.9. The minimum absolute atomic E-state index is 0.0110. The highest BCUT2D eigenvalue weighted by Gasteiger charge is 2.47. The van der Waals surface area contributed by atoms with Gasteiger partial charge in [0.25, 0.3) is 0 Å². The Labute approximate surface area is 236 Å². The third-order valence-electron chi connectivity index (χ3n) is 7.20. The molecular weight excluding hydrogens is 564 g/mol. The Balaban J connectivity index is 1.36. The summed E-state index contributed by atoms with van der Waals surface area (Å²) in [4.78, 5) is 12.7. The molecule has 0 radical (unpaired) electrons. The summed E-state index contributed by atoms with van der Waals surface area (Å²) in [5.41, 5.74) is -0.541. The van der Waals surface area contributed by atoms with Crippen LogP contribution in [0.2, 0.25) is 0 Å². The van der Waals surface area contributed by atoms with E-state index in [2.05, 4.69) is 0 Å². The Hall–Kier alpha value is -3.51. The van der Waals surface area contributed by atoms with Gasteiger partial charge in [-0.05, 0) is 25.1 Å². The molecule has 2 aromatic carbocycles. The van der Waals surface area contributed by atoms with E-state index in [1.54, 1.807) is 0 Å². The highest BCUT2D eigenvalue weighted by atomic mass is 16.7. The predicted molar refractivity (Wildman–Crippen MR) is 139 cm³/mol. The number of hydrogen-bond acceptors (Lipinski definition) is 15. The van der Waals surface area contributed by atoms with Crippen molar-refractivity contribution in [2.75, 3.05) is 6.61 Å². The average molecular weight is 595 g/mol. The average Bonchev–Trinajstić information content (AvgIpc) is 2.95. The van der Waals surface area contributed by atoms with Crippen LogP contribution in [0.5, 0.6) is 23.0 Å². The van der Waals surface area contributed by atoms with Crippen molar-refractivity contribution in [1.82, 2.24) is 0 Å². The van der Waals surface area contributed by atoms with Gasteiger partial charge < -0.3 is 69.3 Å². The number of aliphatic hydroxyl groups excluding tert-OH is 6. The van der Waals surface area contributed by atoms with Gasteiger partial charge in [0.05, 0.1) is 12.7 Å². The lowest BCUT2D eigenvalue weighted by Crippen LogP contribution is -2.61. The molecule has 0 spiro atoms. The van der Waals surface area contributed by atoms with Crippen molar-refractivity contribution in [3.8, 4) is 34.3 Å². The molecule has 3 aromatic rings. The van der Waals surface area contributed by atoms with E-state index in [1.807, 2.05) is 0 Å². The summed E-state index contributed by atoms with van der Waals surface area (Å²) in [5, 5.41) is 91.0. The van der Waals surface area contributed by atoms with Crippen LogP contribution < -0.4 is 10.2 Å². The van der Waals surface area contributed by atoms with Crippen LogP contribution in [0.4, 0.5) is 0 Å². The second-order valence-corrected chi connectivity index (χ2v) is 10.1. The van der Waals surface area contributed by atoms with E-state index in [-0.39, 0.29) is 33.8 Å². The molecular formula is C27H30O15. The summed E-state index contributed by atoms with van der Waals surface area (Å²) in [5.74, 6) is -1.56. The number of benzene rings is 2. The molecule has 2 fully saturated rings. The second kappa shape index (κ2) is 11.6. The molecule has 0 amide bonds. The van der Waals surface area contributed by atoms with Crippen LogP contribution in [0.15, 0.2) is 45.6 Å². The summed E-state index contributed by atoms with van der Waals surface area (Å²) in [6.45, 7) is 0.938. The van der Waals surface area contributed by atoms with Gasteiger partial charge >= 0.3 is 0 Å². The van der Waals surface area contributed by atoms with Gasteiger partial charge in [0, 0.05) is 23.8 Å². The maximum atomic E-state index is 12.7. The van der Waals surface area contributed by atoms with Crippen LogP contribution in [0, 0.1) is 0 Å². The van der Waals surface area contributed by atoms with Crippen LogP contribution in [-0.2, 0) is 14.2 Å². The fourth-order valence-corrected chi connectivity index (χ4v) is 4.76. The van der Waals surface area contributed by atoms with E-state index in [1.165, 1.54) is 31.2 Å². The van der Waals surface area contributed by atoms with Crippen molar-refractivity contribution in [2.24, 2.45) is 0 Å². The van der Waals surface area contributed by atoms with Crippen molar-refractivity contribution in [1.29, 1.82) is 0 Å². The summed E-state index contributed by atoms with van der Waals surface area (Å²) in [6, 6.07) is 7.09. The molecule has 5 rings (SSSR count). The van der Waals surface area contributed by atoms with Crippen molar-refractivity contribution in [2.45, 2.75) is 68.3 Å². The molecule has 2 saturated heterocycles. The normalized spacial score (nSPS) is 33.5. The topological polar surface area (TPSA) is 249 Å². The monoisotopic (exact) mass is 594 g/mol. The third-order valence-corrected chi connectivity index (χ3v) is 7.20. The first-order valence-corrected chi connectivity index (χ1v) is 12.9. The molecule has 15 heteroatoms. The fourth-order valence-electron chi connectivity index (χ4n) is 4.76. The number of fused-ring (bicyclic) bond motifs is 1. The predicted octanol–water partition coefficient (Wildman–Crippen LogP) is -1.39. The summed E-state index contributed by atoms with van der Waals surface area (Å²) >= 11 is 0. The number of phenols is 3. The molecule has 0 aliphatic carbocycles. The van der Waals surface area contributed by atoms with Crippen molar-refractivity contribution in [3.63, 3.8) is 0 Å². The summed E-state index contributed by atoms with van der Waals surface area (Å²) in [6.07, 6.45) is -15.1. The van der Waals surface area contributed by atoms with Gasteiger partial charge in [-0.1, -0.05) is 0 Å². The molecule has 2 aliphatic rings. The van der Waals surface area contributed by atoms with Gasteiger partial charge in [-0.25, -0.2) is 0 Å². The minimum atomic E-state index is -1.79. The second-order valence-electron chi connectivity index (χ2n) is 10.1. The Morgan fingerprint density at radius 1 is 0.738 bits per heavy atom. The maximum Gasteiger partial charge on any atom is 0.229 e. The fraction of sp³-hybridized carbons (Fsp3) is 0.444. The van der Waals surface area contributed by atoms with Crippen molar-refractivity contribution < 1.29 is 69.3 Å². The van der Waals surface area contributed by atoms with E-state index in [0.29, 0.717) is 0 Å². The van der Waals surface area contributed by atoms with Gasteiger partial charge in [-0.2, -0.15) is 0 Å². The van der Waals surface area contributed by atoms with E-state index < -0.39 is 84.9 Å². The quantitative estimate of drug-likeness (QED) is 0.149. The molecule has 228 valence electrons. The molecule has 42 heavy (non-hydrogen) atoms. The van der Waals surface area contributed by atoms with Gasteiger partial charge in [-0.3, -0.25) is 4.79 Å². The molecule has 0 bridgehead atoms. The Kier molecular flexibility index (Phi) is 8.30. The summed E-state index contributed by atoms with van der Waals surface area (Å²) < 4.78 is 27.8. The first-order chi connectivity index (χ1) is 19.8. The van der Waals surface area contributed by atoms with E-state index >= 15 is 0 Å². The minimum Gasteiger partial charge on any atom is -0.507 e. The van der Waals surface area contributed by atoms with Crippen LogP contribution in [0.3, 0.4) is 0 Å². The van der Waals surface area contributed by atoms with E-state index in [0.717, 1.165) is 12.1 Å². The number of hydrogen-bond donors (Lipinski definition) is 9. The molecule has 3 heterocycles. The third kappa shape index (κ3) is 5.61. The lowest BCUT2D eigenvalue weighted by Gasteiger charge is -2.42. The van der Waals surface area contributed by atoms with Gasteiger partial charge in [0.2, 0.25) is 6.29 Å². The molecule has 0 saturated carbocycles. The van der Waals surface area contributed by atoms with E-state index in [4.69, 9.17) is 23.4 Å². The number of aromatic hydroxyl groups is 3. The van der Waals surface area contributed by atoms with Crippen LogP contribution >= 0.6 is 0 Å². The van der Waals surface area contributed by atoms with Crippen molar-refractivity contribution in [3.05, 3.63) is 46.6 Å². The van der Waals surface area contributed by atoms with Crippen LogP contribution in [0.1, 0.15) is 6.92 Å². The van der Waals surface area contributed by atoms with Gasteiger partial charge in [0.15, 0.2) is 23.2 Å². The molecule has 0 unspecified atom stereocenters. The first kappa shape index (κ1) is 30.0. The number of phenolic OH excluding ortho intramolecular Hbond substituents is 3. The van der Waals surface area contributed by atoms with Gasteiger partial charge in [-0.15, -0.1) is 0 Å². The number of aliphatic hydroxyl groups is 6. The molecule has 15 nitrogen and oxygen atoms in total. The number of rotatable bonds is 6. The summed E-state index contributed by atoms with van der Waals surface area (Å²) in [7, 11) is 0. The van der Waals surface area contributed by atoms with E-state index in [9.17, 15) is 50.8 Å². The first-order valence-electron chi connectivity index (χ1n) is 12.9. The highest BCUT2D eigenvalue weighted by molar-refractivity contribution is 5.86.